The highest BCUT2D eigenvalue weighted by Crippen LogP contribution is 2.20. The number of rotatable bonds is 3. The Hall–Kier alpha value is -1.55. The fraction of sp³-hybridized carbons (Fsp3) is 0.471. The Kier molecular flexibility index (Phi) is 4.20. The van der Waals surface area contributed by atoms with Crippen LogP contribution < -0.4 is 0 Å². The number of hydrogen-bond acceptors (Lipinski definition) is 1. The summed E-state index contributed by atoms with van der Waals surface area (Å²) >= 11 is 0. The van der Waals surface area contributed by atoms with E-state index in [9.17, 15) is 4.79 Å². The predicted molar refractivity (Wildman–Crippen MR) is 74.6 cm³/mol. The Morgan fingerprint density at radius 2 is 1.89 bits per heavy atom. The van der Waals surface area contributed by atoms with Gasteiger partial charge < -0.3 is 0 Å². The topological polar surface area (TPSA) is 17.1 Å². The van der Waals surface area contributed by atoms with E-state index in [1.165, 1.54) is 11.1 Å². The van der Waals surface area contributed by atoms with Crippen LogP contribution in [0.15, 0.2) is 18.2 Å². The summed E-state index contributed by atoms with van der Waals surface area (Å²) in [6.45, 7) is 4.07. The van der Waals surface area contributed by atoms with Crippen molar-refractivity contribution in [2.45, 2.75) is 46.0 Å². The van der Waals surface area contributed by atoms with Crippen LogP contribution >= 0.6 is 0 Å². The second kappa shape index (κ2) is 5.87. The van der Waals surface area contributed by atoms with Gasteiger partial charge in [0.1, 0.15) is 0 Å². The number of benzene rings is 1. The fourth-order valence-corrected chi connectivity index (χ4v) is 2.30. The Balaban J connectivity index is 2.27. The first-order valence-corrected chi connectivity index (χ1v) is 6.84. The van der Waals surface area contributed by atoms with E-state index in [0.29, 0.717) is 0 Å². The van der Waals surface area contributed by atoms with E-state index in [4.69, 9.17) is 0 Å². The Morgan fingerprint density at radius 1 is 1.22 bits per heavy atom. The summed E-state index contributed by atoms with van der Waals surface area (Å²) in [6, 6.07) is 6.21. The summed E-state index contributed by atoms with van der Waals surface area (Å²) in [5.74, 6) is 6.75. The van der Waals surface area contributed by atoms with Crippen molar-refractivity contribution in [2.24, 2.45) is 5.92 Å². The van der Waals surface area contributed by atoms with E-state index in [2.05, 4.69) is 30.9 Å². The molecule has 94 valence electrons. The summed E-state index contributed by atoms with van der Waals surface area (Å²) in [4.78, 5) is 12.2. The quantitative estimate of drug-likeness (QED) is 0.580. The van der Waals surface area contributed by atoms with Gasteiger partial charge in [-0.1, -0.05) is 26.0 Å². The molecular weight excluding hydrogens is 220 g/mol. The van der Waals surface area contributed by atoms with Gasteiger partial charge in [0, 0.05) is 24.3 Å². The molecule has 0 heterocycles. The Morgan fingerprint density at radius 3 is 2.56 bits per heavy atom. The van der Waals surface area contributed by atoms with Crippen molar-refractivity contribution in [1.82, 2.24) is 0 Å². The molecular formula is C17H20O. The number of carbonyl (C=O) groups excluding carboxylic acids is 1. The van der Waals surface area contributed by atoms with Gasteiger partial charge in [0.15, 0.2) is 5.78 Å². The zero-order valence-corrected chi connectivity index (χ0v) is 11.3. The van der Waals surface area contributed by atoms with Crippen LogP contribution in [0.5, 0.6) is 0 Å². The zero-order chi connectivity index (χ0) is 13.0. The normalized spacial score (nSPS) is 15.7. The highest BCUT2D eigenvalue weighted by Gasteiger charge is 2.15. The molecule has 0 amide bonds. The largest absolute Gasteiger partial charge is 0.294 e. The van der Waals surface area contributed by atoms with Crippen LogP contribution in [0.1, 0.15) is 54.6 Å². The van der Waals surface area contributed by atoms with Crippen molar-refractivity contribution >= 4 is 5.78 Å². The van der Waals surface area contributed by atoms with E-state index in [1.807, 2.05) is 13.0 Å². The summed E-state index contributed by atoms with van der Waals surface area (Å²) < 4.78 is 0. The minimum Gasteiger partial charge on any atom is -0.294 e. The number of fused-ring (bicyclic) bond motifs is 1. The molecule has 1 nitrogen and oxygen atoms in total. The summed E-state index contributed by atoms with van der Waals surface area (Å²) in [5.41, 5.74) is 3.56. The maximum atomic E-state index is 12.2. The van der Waals surface area contributed by atoms with Gasteiger partial charge in [-0.15, -0.1) is 11.8 Å². The highest BCUT2D eigenvalue weighted by atomic mass is 16.1. The second-order valence-electron chi connectivity index (χ2n) is 5.01. The van der Waals surface area contributed by atoms with Gasteiger partial charge in [0.2, 0.25) is 0 Å². The standard InChI is InChI=1S/C17H20O/c1-3-13(2)17(18)16-11-10-14-8-6-4-5-7-9-15(14)12-16/h10-13H,3,6-9H2,1-2H3. The summed E-state index contributed by atoms with van der Waals surface area (Å²) in [5, 5.41) is 0. The number of aryl methyl sites for hydroxylation is 2. The Bertz CT molecular complexity index is 502. The zero-order valence-electron chi connectivity index (χ0n) is 11.3. The average Bonchev–Trinajstić information content (AvgIpc) is 2.37. The first kappa shape index (κ1) is 12.9. The minimum absolute atomic E-state index is 0.122. The lowest BCUT2D eigenvalue weighted by atomic mass is 9.91. The molecule has 1 aliphatic carbocycles. The van der Waals surface area contributed by atoms with Gasteiger partial charge in [-0.25, -0.2) is 0 Å². The lowest BCUT2D eigenvalue weighted by Crippen LogP contribution is -2.11. The summed E-state index contributed by atoms with van der Waals surface area (Å²) in [6.07, 6.45) is 4.74. The van der Waals surface area contributed by atoms with Crippen LogP contribution in [0.25, 0.3) is 0 Å². The number of Topliss-reactive ketones (excluding diaryl/α,β-unsaturated/α-hetero) is 1. The molecule has 1 aromatic rings. The minimum atomic E-state index is 0.122. The maximum absolute atomic E-state index is 12.2. The van der Waals surface area contributed by atoms with Crippen molar-refractivity contribution in [2.75, 3.05) is 0 Å². The van der Waals surface area contributed by atoms with Crippen molar-refractivity contribution in [3.63, 3.8) is 0 Å². The van der Waals surface area contributed by atoms with E-state index in [-0.39, 0.29) is 11.7 Å². The molecule has 0 aromatic heterocycles. The third-order valence-electron chi connectivity index (χ3n) is 3.71. The fourth-order valence-electron chi connectivity index (χ4n) is 2.30. The molecule has 0 spiro atoms. The van der Waals surface area contributed by atoms with E-state index in [0.717, 1.165) is 37.7 Å². The summed E-state index contributed by atoms with van der Waals surface area (Å²) in [7, 11) is 0. The van der Waals surface area contributed by atoms with Crippen LogP contribution in [-0.2, 0) is 12.8 Å². The molecule has 18 heavy (non-hydrogen) atoms. The first-order valence-electron chi connectivity index (χ1n) is 6.84. The van der Waals surface area contributed by atoms with Crippen molar-refractivity contribution in [3.05, 3.63) is 34.9 Å². The molecule has 1 aromatic carbocycles. The molecule has 0 aliphatic heterocycles. The van der Waals surface area contributed by atoms with Crippen LogP contribution in [-0.4, -0.2) is 5.78 Å². The van der Waals surface area contributed by atoms with Crippen LogP contribution in [0.4, 0.5) is 0 Å². The molecule has 0 fully saturated rings. The molecule has 0 saturated heterocycles. The number of hydrogen-bond donors (Lipinski definition) is 0. The van der Waals surface area contributed by atoms with Gasteiger partial charge in [0.25, 0.3) is 0 Å². The monoisotopic (exact) mass is 240 g/mol. The molecule has 0 saturated carbocycles. The highest BCUT2D eigenvalue weighted by molar-refractivity contribution is 5.97. The molecule has 0 N–H and O–H groups in total. The lowest BCUT2D eigenvalue weighted by Gasteiger charge is -2.13. The van der Waals surface area contributed by atoms with Crippen LogP contribution in [0, 0.1) is 17.8 Å². The van der Waals surface area contributed by atoms with Crippen molar-refractivity contribution in [1.29, 1.82) is 0 Å². The van der Waals surface area contributed by atoms with Crippen LogP contribution in [0.2, 0.25) is 0 Å². The van der Waals surface area contributed by atoms with E-state index < -0.39 is 0 Å². The van der Waals surface area contributed by atoms with Gasteiger partial charge in [-0.05, 0) is 36.5 Å². The molecule has 0 bridgehead atoms. The SMILES string of the molecule is CCC(C)C(=O)c1ccc2c(c1)CCC#CCC2. The van der Waals surface area contributed by atoms with Crippen molar-refractivity contribution in [3.8, 4) is 11.8 Å². The lowest BCUT2D eigenvalue weighted by molar-refractivity contribution is 0.0927. The predicted octanol–water partition coefficient (Wildman–Crippen LogP) is 3.80. The third-order valence-corrected chi connectivity index (χ3v) is 3.71. The Labute approximate surface area is 110 Å². The van der Waals surface area contributed by atoms with Crippen LogP contribution in [0.3, 0.4) is 0 Å². The van der Waals surface area contributed by atoms with Gasteiger partial charge in [-0.3, -0.25) is 4.79 Å². The average molecular weight is 240 g/mol. The molecule has 0 radical (unpaired) electrons. The van der Waals surface area contributed by atoms with Crippen molar-refractivity contribution < 1.29 is 4.79 Å². The molecule has 1 aliphatic rings. The molecule has 1 atom stereocenters. The second-order valence-corrected chi connectivity index (χ2v) is 5.01. The first-order chi connectivity index (χ1) is 8.72. The van der Waals surface area contributed by atoms with E-state index >= 15 is 0 Å². The van der Waals surface area contributed by atoms with Gasteiger partial charge in [-0.2, -0.15) is 0 Å². The molecule has 1 unspecified atom stereocenters. The molecule has 1 heteroatoms. The smallest absolute Gasteiger partial charge is 0.165 e. The number of carbonyl (C=O) groups is 1. The molecule has 2 rings (SSSR count). The van der Waals surface area contributed by atoms with E-state index in [1.54, 1.807) is 0 Å². The third kappa shape index (κ3) is 2.82. The number of ketones is 1. The van der Waals surface area contributed by atoms with Gasteiger partial charge >= 0.3 is 0 Å². The maximum Gasteiger partial charge on any atom is 0.165 e. The van der Waals surface area contributed by atoms with Gasteiger partial charge in [0.05, 0.1) is 0 Å².